The highest BCUT2D eigenvalue weighted by Crippen LogP contribution is 2.28. The molecule has 5 nitrogen and oxygen atoms in total. The lowest BCUT2D eigenvalue weighted by atomic mass is 10.0. The van der Waals surface area contributed by atoms with Crippen LogP contribution in [0.15, 0.2) is 40.9 Å². The maximum Gasteiger partial charge on any atom is 0.321 e. The van der Waals surface area contributed by atoms with Crippen molar-refractivity contribution in [2.75, 3.05) is 25.6 Å². The summed E-state index contributed by atoms with van der Waals surface area (Å²) in [6.45, 7) is 1.11. The Hall–Kier alpha value is -2.47. The fourth-order valence-corrected chi connectivity index (χ4v) is 2.12. The van der Waals surface area contributed by atoms with Gasteiger partial charge in [0.05, 0.1) is 6.61 Å². The first kappa shape index (κ1) is 13.5. The van der Waals surface area contributed by atoms with Gasteiger partial charge < -0.3 is 14.6 Å². The van der Waals surface area contributed by atoms with E-state index in [-0.39, 0.29) is 5.82 Å². The minimum absolute atomic E-state index is 0.267. The van der Waals surface area contributed by atoms with Crippen LogP contribution in [0, 0.1) is 5.82 Å². The van der Waals surface area contributed by atoms with Crippen LogP contribution >= 0.6 is 0 Å². The van der Waals surface area contributed by atoms with Crippen molar-refractivity contribution in [1.29, 1.82) is 0 Å². The number of halogens is 1. The molecule has 0 aliphatic heterocycles. The molecule has 0 radical (unpaired) electrons. The lowest BCUT2D eigenvalue weighted by Gasteiger charge is -2.03. The number of aromatic nitrogens is 2. The van der Waals surface area contributed by atoms with Crippen LogP contribution in [-0.4, -0.2) is 30.4 Å². The second kappa shape index (κ2) is 5.88. The standard InChI is InChI=1S/C15H14FN3O2/c1-20-9-8-17-15-18-14(19-21-15)12-6-7-13(16)11-5-3-2-4-10(11)12/h2-7H,8-9H2,1H3,(H,17,18,19). The van der Waals surface area contributed by atoms with E-state index in [0.29, 0.717) is 30.4 Å². The Morgan fingerprint density at radius 2 is 2.00 bits per heavy atom. The topological polar surface area (TPSA) is 60.2 Å². The summed E-state index contributed by atoms with van der Waals surface area (Å²) >= 11 is 0. The number of benzene rings is 2. The molecule has 0 bridgehead atoms. The molecular weight excluding hydrogens is 273 g/mol. The van der Waals surface area contributed by atoms with Crippen molar-refractivity contribution in [3.8, 4) is 11.4 Å². The number of hydrogen-bond donors (Lipinski definition) is 1. The average molecular weight is 287 g/mol. The van der Waals surface area contributed by atoms with Crippen molar-refractivity contribution in [3.05, 3.63) is 42.2 Å². The summed E-state index contributed by atoms with van der Waals surface area (Å²) in [6, 6.07) is 10.6. The van der Waals surface area contributed by atoms with Gasteiger partial charge >= 0.3 is 6.01 Å². The molecule has 2 aromatic carbocycles. The lowest BCUT2D eigenvalue weighted by molar-refractivity contribution is 0.210. The van der Waals surface area contributed by atoms with Crippen LogP contribution in [0.25, 0.3) is 22.2 Å². The van der Waals surface area contributed by atoms with E-state index >= 15 is 0 Å². The zero-order valence-corrected chi connectivity index (χ0v) is 11.5. The SMILES string of the molecule is COCCNc1nc(-c2ccc(F)c3ccccc23)no1. The van der Waals surface area contributed by atoms with Crippen LogP contribution in [0.5, 0.6) is 0 Å². The fraction of sp³-hybridized carbons (Fsp3) is 0.200. The van der Waals surface area contributed by atoms with Crippen molar-refractivity contribution in [2.24, 2.45) is 0 Å². The molecule has 3 aromatic rings. The van der Waals surface area contributed by atoms with Crippen LogP contribution in [0.2, 0.25) is 0 Å². The molecule has 1 N–H and O–H groups in total. The third-order valence-electron chi connectivity index (χ3n) is 3.12. The van der Waals surface area contributed by atoms with Gasteiger partial charge in [0.15, 0.2) is 0 Å². The summed E-state index contributed by atoms with van der Waals surface area (Å²) in [5.41, 5.74) is 0.732. The smallest absolute Gasteiger partial charge is 0.321 e. The molecule has 0 saturated heterocycles. The quantitative estimate of drug-likeness (QED) is 0.731. The lowest BCUT2D eigenvalue weighted by Crippen LogP contribution is -2.07. The summed E-state index contributed by atoms with van der Waals surface area (Å²) < 4.78 is 23.9. The van der Waals surface area contributed by atoms with E-state index < -0.39 is 0 Å². The number of rotatable bonds is 5. The molecular formula is C15H14FN3O2. The van der Waals surface area contributed by atoms with E-state index in [1.165, 1.54) is 6.07 Å². The number of methoxy groups -OCH3 is 1. The van der Waals surface area contributed by atoms with E-state index in [9.17, 15) is 4.39 Å². The van der Waals surface area contributed by atoms with Gasteiger partial charge in [-0.1, -0.05) is 29.4 Å². The Morgan fingerprint density at radius 1 is 1.19 bits per heavy atom. The predicted molar refractivity (Wildman–Crippen MR) is 77.6 cm³/mol. The highest BCUT2D eigenvalue weighted by molar-refractivity contribution is 5.95. The van der Waals surface area contributed by atoms with Crippen LogP contribution in [-0.2, 0) is 4.74 Å². The van der Waals surface area contributed by atoms with Gasteiger partial charge in [0, 0.05) is 24.6 Å². The number of fused-ring (bicyclic) bond motifs is 1. The summed E-state index contributed by atoms with van der Waals surface area (Å²) in [4.78, 5) is 4.27. The molecule has 21 heavy (non-hydrogen) atoms. The summed E-state index contributed by atoms with van der Waals surface area (Å²) in [5, 5.41) is 8.18. The molecule has 0 saturated carbocycles. The Bertz CT molecular complexity index is 758. The van der Waals surface area contributed by atoms with Crippen molar-refractivity contribution >= 4 is 16.8 Å². The van der Waals surface area contributed by atoms with Gasteiger partial charge in [-0.3, -0.25) is 0 Å². The first-order valence-electron chi connectivity index (χ1n) is 6.54. The van der Waals surface area contributed by atoms with Crippen molar-refractivity contribution in [3.63, 3.8) is 0 Å². The molecule has 0 unspecified atom stereocenters. The van der Waals surface area contributed by atoms with E-state index in [1.54, 1.807) is 25.3 Å². The highest BCUT2D eigenvalue weighted by atomic mass is 19.1. The zero-order chi connectivity index (χ0) is 14.7. The number of hydrogen-bond acceptors (Lipinski definition) is 5. The van der Waals surface area contributed by atoms with Gasteiger partial charge in [-0.05, 0) is 17.5 Å². The van der Waals surface area contributed by atoms with Crippen LogP contribution in [0.4, 0.5) is 10.4 Å². The van der Waals surface area contributed by atoms with Crippen molar-refractivity contribution < 1.29 is 13.7 Å². The normalized spacial score (nSPS) is 11.0. The van der Waals surface area contributed by atoms with Crippen LogP contribution in [0.3, 0.4) is 0 Å². The van der Waals surface area contributed by atoms with Crippen molar-refractivity contribution in [2.45, 2.75) is 0 Å². The molecule has 0 fully saturated rings. The summed E-state index contributed by atoms with van der Waals surface area (Å²) in [6.07, 6.45) is 0. The van der Waals surface area contributed by atoms with Gasteiger partial charge in [0.2, 0.25) is 5.82 Å². The van der Waals surface area contributed by atoms with Crippen LogP contribution in [0.1, 0.15) is 0 Å². The second-order valence-electron chi connectivity index (χ2n) is 4.48. The molecule has 0 atom stereocenters. The Kier molecular flexibility index (Phi) is 3.79. The van der Waals surface area contributed by atoms with E-state index in [2.05, 4.69) is 15.5 Å². The van der Waals surface area contributed by atoms with Gasteiger partial charge in [-0.15, -0.1) is 0 Å². The van der Waals surface area contributed by atoms with Crippen molar-refractivity contribution in [1.82, 2.24) is 10.1 Å². The Balaban J connectivity index is 1.96. The first-order valence-corrected chi connectivity index (χ1v) is 6.54. The molecule has 6 heteroatoms. The maximum absolute atomic E-state index is 13.8. The maximum atomic E-state index is 13.8. The number of nitrogens with zero attached hydrogens (tertiary/aromatic N) is 2. The minimum Gasteiger partial charge on any atom is -0.383 e. The van der Waals surface area contributed by atoms with Gasteiger partial charge in [-0.25, -0.2) is 4.39 Å². The highest BCUT2D eigenvalue weighted by Gasteiger charge is 2.13. The third-order valence-corrected chi connectivity index (χ3v) is 3.12. The van der Waals surface area contributed by atoms with E-state index in [0.717, 1.165) is 10.9 Å². The minimum atomic E-state index is -0.267. The van der Waals surface area contributed by atoms with E-state index in [1.807, 2.05) is 12.1 Å². The van der Waals surface area contributed by atoms with Gasteiger partial charge in [0.25, 0.3) is 0 Å². The molecule has 1 heterocycles. The molecule has 0 aliphatic carbocycles. The number of anilines is 1. The first-order chi connectivity index (χ1) is 10.3. The number of nitrogens with one attached hydrogen (secondary N) is 1. The Morgan fingerprint density at radius 3 is 2.81 bits per heavy atom. The number of ether oxygens (including phenoxy) is 1. The molecule has 0 spiro atoms. The largest absolute Gasteiger partial charge is 0.383 e. The third kappa shape index (κ3) is 2.71. The monoisotopic (exact) mass is 287 g/mol. The molecule has 0 aliphatic rings. The molecule has 3 rings (SSSR count). The molecule has 108 valence electrons. The molecule has 1 aromatic heterocycles. The van der Waals surface area contributed by atoms with Gasteiger partial charge in [-0.2, -0.15) is 4.98 Å². The Labute approximate surface area is 120 Å². The fourth-order valence-electron chi connectivity index (χ4n) is 2.12. The average Bonchev–Trinajstić information content (AvgIpc) is 2.97. The predicted octanol–water partition coefficient (Wildman–Crippen LogP) is 3.09. The van der Waals surface area contributed by atoms with E-state index in [4.69, 9.17) is 9.26 Å². The van der Waals surface area contributed by atoms with Crippen LogP contribution < -0.4 is 5.32 Å². The van der Waals surface area contributed by atoms with Gasteiger partial charge in [0.1, 0.15) is 5.82 Å². The second-order valence-corrected chi connectivity index (χ2v) is 4.48. The molecule has 0 amide bonds. The zero-order valence-electron chi connectivity index (χ0n) is 11.5. The summed E-state index contributed by atoms with van der Waals surface area (Å²) in [7, 11) is 1.62. The summed E-state index contributed by atoms with van der Waals surface area (Å²) in [5.74, 6) is 0.155.